The molecule has 0 aliphatic heterocycles. The minimum atomic E-state index is -0.671. The maximum atomic E-state index is 11.3. The third-order valence-electron chi connectivity index (χ3n) is 2.53. The van der Waals surface area contributed by atoms with E-state index in [2.05, 4.69) is 29.8 Å². The molecular weight excluding hydrogens is 226 g/mol. The van der Waals surface area contributed by atoms with Crippen LogP contribution in [0.5, 0.6) is 0 Å². The number of thiocarbonyl (C=S) groups is 1. The SMILES string of the molecule is CCCC1CC1NC(=O)C(=O)NCC(N)=S. The first-order valence-corrected chi connectivity index (χ1v) is 5.82. The van der Waals surface area contributed by atoms with Gasteiger partial charge in [0.05, 0.1) is 11.5 Å². The molecule has 2 unspecified atom stereocenters. The second-order valence-electron chi connectivity index (χ2n) is 4.01. The van der Waals surface area contributed by atoms with Crippen LogP contribution in [-0.2, 0) is 9.59 Å². The molecule has 0 aromatic rings. The lowest BCUT2D eigenvalue weighted by atomic mass is 10.2. The maximum Gasteiger partial charge on any atom is 0.309 e. The van der Waals surface area contributed by atoms with E-state index in [0.29, 0.717) is 5.92 Å². The fourth-order valence-electron chi connectivity index (χ4n) is 1.60. The predicted octanol–water partition coefficient (Wildman–Crippen LogP) is -0.306. The zero-order chi connectivity index (χ0) is 12.1. The van der Waals surface area contributed by atoms with Gasteiger partial charge >= 0.3 is 11.8 Å². The van der Waals surface area contributed by atoms with E-state index < -0.39 is 11.8 Å². The van der Waals surface area contributed by atoms with Crippen molar-refractivity contribution in [3.05, 3.63) is 0 Å². The summed E-state index contributed by atoms with van der Waals surface area (Å²) < 4.78 is 0. The van der Waals surface area contributed by atoms with Crippen LogP contribution in [0.15, 0.2) is 0 Å². The van der Waals surface area contributed by atoms with E-state index in [1.54, 1.807) is 0 Å². The Hall–Kier alpha value is -1.17. The summed E-state index contributed by atoms with van der Waals surface area (Å²) in [6.07, 6.45) is 3.17. The molecule has 6 heteroatoms. The van der Waals surface area contributed by atoms with Crippen LogP contribution in [0.2, 0.25) is 0 Å². The van der Waals surface area contributed by atoms with Crippen LogP contribution in [0.4, 0.5) is 0 Å². The van der Waals surface area contributed by atoms with Gasteiger partial charge in [-0.1, -0.05) is 25.6 Å². The van der Waals surface area contributed by atoms with Crippen molar-refractivity contribution in [3.63, 3.8) is 0 Å². The predicted molar refractivity (Wildman–Crippen MR) is 64.7 cm³/mol. The monoisotopic (exact) mass is 243 g/mol. The summed E-state index contributed by atoms with van der Waals surface area (Å²) in [6, 6.07) is 0.169. The highest BCUT2D eigenvalue weighted by Crippen LogP contribution is 2.34. The van der Waals surface area contributed by atoms with Crippen molar-refractivity contribution in [1.82, 2.24) is 10.6 Å². The molecule has 2 atom stereocenters. The molecule has 4 N–H and O–H groups in total. The van der Waals surface area contributed by atoms with E-state index >= 15 is 0 Å². The minimum absolute atomic E-state index is 0.0602. The quantitative estimate of drug-likeness (QED) is 0.457. The van der Waals surface area contributed by atoms with Crippen molar-refractivity contribution in [1.29, 1.82) is 0 Å². The number of hydrogen-bond acceptors (Lipinski definition) is 3. The van der Waals surface area contributed by atoms with Crippen molar-refractivity contribution < 1.29 is 9.59 Å². The van der Waals surface area contributed by atoms with E-state index in [4.69, 9.17) is 5.73 Å². The Morgan fingerprint density at radius 3 is 2.69 bits per heavy atom. The summed E-state index contributed by atoms with van der Waals surface area (Å²) in [5.41, 5.74) is 5.20. The summed E-state index contributed by atoms with van der Waals surface area (Å²) in [7, 11) is 0. The topological polar surface area (TPSA) is 84.2 Å². The molecule has 0 aromatic carbocycles. The molecule has 0 spiro atoms. The molecule has 0 aromatic heterocycles. The Balaban J connectivity index is 2.20. The summed E-state index contributed by atoms with van der Waals surface area (Å²) in [6.45, 7) is 2.16. The maximum absolute atomic E-state index is 11.3. The van der Waals surface area contributed by atoms with Crippen molar-refractivity contribution in [2.24, 2.45) is 11.7 Å². The third-order valence-corrected chi connectivity index (χ3v) is 2.67. The van der Waals surface area contributed by atoms with Gasteiger partial charge in [0, 0.05) is 6.04 Å². The van der Waals surface area contributed by atoms with Gasteiger partial charge in [0.1, 0.15) is 0 Å². The van der Waals surface area contributed by atoms with Gasteiger partial charge in [-0.2, -0.15) is 0 Å². The lowest BCUT2D eigenvalue weighted by molar-refractivity contribution is -0.139. The van der Waals surface area contributed by atoms with Crippen LogP contribution in [0.25, 0.3) is 0 Å². The van der Waals surface area contributed by atoms with Crippen LogP contribution < -0.4 is 16.4 Å². The van der Waals surface area contributed by atoms with E-state index in [1.165, 1.54) is 0 Å². The molecule has 90 valence electrons. The van der Waals surface area contributed by atoms with Crippen molar-refractivity contribution in [2.45, 2.75) is 32.2 Å². The first-order chi connectivity index (χ1) is 7.54. The van der Waals surface area contributed by atoms with E-state index in [-0.39, 0.29) is 17.6 Å². The molecule has 1 aliphatic carbocycles. The van der Waals surface area contributed by atoms with Crippen LogP contribution in [0, 0.1) is 5.92 Å². The molecule has 16 heavy (non-hydrogen) atoms. The number of amides is 2. The summed E-state index contributed by atoms with van der Waals surface area (Å²) in [5, 5.41) is 5.02. The lowest BCUT2D eigenvalue weighted by Gasteiger charge is -2.05. The number of carbonyl (C=O) groups is 2. The van der Waals surface area contributed by atoms with Crippen molar-refractivity contribution in [2.75, 3.05) is 6.54 Å². The highest BCUT2D eigenvalue weighted by atomic mass is 32.1. The van der Waals surface area contributed by atoms with Gasteiger partial charge in [0.25, 0.3) is 0 Å². The Labute approximate surface area is 100 Å². The first kappa shape index (κ1) is 12.9. The molecule has 2 amide bonds. The normalized spacial score (nSPS) is 22.3. The number of nitrogens with two attached hydrogens (primary N) is 1. The lowest BCUT2D eigenvalue weighted by Crippen LogP contribution is -2.43. The zero-order valence-corrected chi connectivity index (χ0v) is 10.1. The fraction of sp³-hybridized carbons (Fsp3) is 0.700. The first-order valence-electron chi connectivity index (χ1n) is 5.41. The van der Waals surface area contributed by atoms with E-state index in [0.717, 1.165) is 19.3 Å². The number of rotatable bonds is 5. The second kappa shape index (κ2) is 5.79. The van der Waals surface area contributed by atoms with Crippen molar-refractivity contribution in [3.8, 4) is 0 Å². The number of hydrogen-bond donors (Lipinski definition) is 3. The van der Waals surface area contributed by atoms with Crippen LogP contribution in [0.1, 0.15) is 26.2 Å². The average molecular weight is 243 g/mol. The molecule has 0 radical (unpaired) electrons. The standard InChI is InChI=1S/C10H17N3O2S/c1-2-3-6-4-7(6)13-10(15)9(14)12-5-8(11)16/h6-7H,2-5H2,1H3,(H2,11,16)(H,12,14)(H,13,15). The second-order valence-corrected chi connectivity index (χ2v) is 4.54. The highest BCUT2D eigenvalue weighted by molar-refractivity contribution is 7.80. The molecule has 1 saturated carbocycles. The fourth-order valence-corrected chi connectivity index (χ4v) is 1.67. The van der Waals surface area contributed by atoms with Gasteiger partial charge in [-0.25, -0.2) is 0 Å². The molecule has 5 nitrogen and oxygen atoms in total. The van der Waals surface area contributed by atoms with Crippen LogP contribution >= 0.6 is 12.2 Å². The molecular formula is C10H17N3O2S. The zero-order valence-electron chi connectivity index (χ0n) is 9.29. The summed E-state index contributed by atoms with van der Waals surface area (Å²) in [4.78, 5) is 22.7. The molecule has 1 aliphatic rings. The van der Waals surface area contributed by atoms with Gasteiger partial charge in [0.15, 0.2) is 0 Å². The Bertz CT molecular complexity index is 306. The molecule has 1 rings (SSSR count). The van der Waals surface area contributed by atoms with E-state index in [9.17, 15) is 9.59 Å². The smallest absolute Gasteiger partial charge is 0.309 e. The van der Waals surface area contributed by atoms with Gasteiger partial charge in [-0.05, 0) is 18.8 Å². The minimum Gasteiger partial charge on any atom is -0.392 e. The molecule has 1 fully saturated rings. The van der Waals surface area contributed by atoms with E-state index in [1.807, 2.05) is 0 Å². The average Bonchev–Trinajstić information content (AvgIpc) is 2.93. The third kappa shape index (κ3) is 4.14. The molecule has 0 heterocycles. The Kier molecular flexibility index (Phi) is 4.67. The highest BCUT2D eigenvalue weighted by Gasteiger charge is 2.38. The number of nitrogens with one attached hydrogen (secondary N) is 2. The molecule has 0 saturated heterocycles. The summed E-state index contributed by atoms with van der Waals surface area (Å²) >= 11 is 4.59. The van der Waals surface area contributed by atoms with Gasteiger partial charge in [-0.15, -0.1) is 0 Å². The molecule has 0 bridgehead atoms. The van der Waals surface area contributed by atoms with Gasteiger partial charge in [-0.3, -0.25) is 9.59 Å². The van der Waals surface area contributed by atoms with Gasteiger partial charge in [0.2, 0.25) is 0 Å². The number of carbonyl (C=O) groups excluding carboxylic acids is 2. The Morgan fingerprint density at radius 2 is 2.12 bits per heavy atom. The summed E-state index contributed by atoms with van der Waals surface area (Å²) in [5.74, 6) is -0.730. The van der Waals surface area contributed by atoms with Crippen LogP contribution in [0.3, 0.4) is 0 Å². The van der Waals surface area contributed by atoms with Crippen LogP contribution in [-0.4, -0.2) is 29.4 Å². The largest absolute Gasteiger partial charge is 0.392 e. The van der Waals surface area contributed by atoms with Gasteiger partial charge < -0.3 is 16.4 Å². The Morgan fingerprint density at radius 1 is 1.44 bits per heavy atom. The van der Waals surface area contributed by atoms with Crippen molar-refractivity contribution >= 4 is 29.0 Å².